The van der Waals surface area contributed by atoms with Gasteiger partial charge in [-0.2, -0.15) is 0 Å². The molecule has 1 aromatic rings. The number of rotatable bonds is 3. The first-order chi connectivity index (χ1) is 17.4. The maximum Gasteiger partial charge on any atom is 0.303 e. The normalized spacial score (nSPS) is 41.6. The third-order valence-electron chi connectivity index (χ3n) is 8.53. The van der Waals surface area contributed by atoms with Crippen LogP contribution in [-0.2, 0) is 25.5 Å². The molecule has 9 atom stereocenters. The molecule has 0 radical (unpaired) electrons. The molecule has 7 nitrogen and oxygen atoms in total. The second-order valence-corrected chi connectivity index (χ2v) is 11.0. The van der Waals surface area contributed by atoms with Crippen molar-refractivity contribution >= 4 is 17.7 Å². The van der Waals surface area contributed by atoms with Gasteiger partial charge >= 0.3 is 5.97 Å². The summed E-state index contributed by atoms with van der Waals surface area (Å²) in [6.45, 7) is 10.5. The molecular weight excluding hydrogens is 470 g/mol. The van der Waals surface area contributed by atoms with Crippen LogP contribution >= 0.6 is 0 Å². The lowest BCUT2D eigenvalue weighted by Crippen LogP contribution is -2.60. The zero-order valence-corrected chi connectivity index (χ0v) is 21.9. The van der Waals surface area contributed by atoms with Crippen LogP contribution in [0.1, 0.15) is 39.7 Å². The molecule has 198 valence electrons. The Morgan fingerprint density at radius 2 is 1.86 bits per heavy atom. The average molecular weight is 508 g/mol. The molecule has 0 unspecified atom stereocenters. The van der Waals surface area contributed by atoms with Gasteiger partial charge < -0.3 is 20.3 Å². The standard InChI is InChI=1S/C30H37NO6/c1-17-10-9-13-22-26(33)19(3)18(2)25-23(16-21-11-7-6-8-12-21)31-28(35)30(22,25)24(37-20(4)32)14-15-29(5,36)27(17)34/h6-9,11-15,17-18,22-26,33,36H,3,10,16H2,1-2,4-5H3,(H,31,35)/b13-9-,15-14+/t17-,18+,22-,23-,24-,25+,26-,29-,30-/m1/s1. The molecule has 1 saturated heterocycles. The van der Waals surface area contributed by atoms with Gasteiger partial charge in [-0.05, 0) is 49.0 Å². The van der Waals surface area contributed by atoms with Gasteiger partial charge in [0.15, 0.2) is 5.78 Å². The minimum Gasteiger partial charge on any atom is -0.457 e. The smallest absolute Gasteiger partial charge is 0.303 e. The fourth-order valence-corrected chi connectivity index (χ4v) is 6.68. The molecule has 1 aromatic carbocycles. The van der Waals surface area contributed by atoms with Crippen molar-refractivity contribution in [2.75, 3.05) is 0 Å². The zero-order valence-electron chi connectivity index (χ0n) is 21.9. The summed E-state index contributed by atoms with van der Waals surface area (Å²) in [5.74, 6) is -3.26. The van der Waals surface area contributed by atoms with E-state index < -0.39 is 46.9 Å². The number of hydrogen-bond acceptors (Lipinski definition) is 6. The van der Waals surface area contributed by atoms with Crippen molar-refractivity contribution in [1.29, 1.82) is 0 Å². The zero-order chi connectivity index (χ0) is 27.1. The Labute approximate surface area is 218 Å². The van der Waals surface area contributed by atoms with Gasteiger partial charge in [0.2, 0.25) is 5.91 Å². The molecule has 1 spiro atoms. The minimum absolute atomic E-state index is 0.287. The number of hydrogen-bond donors (Lipinski definition) is 3. The first-order valence-electron chi connectivity index (χ1n) is 12.9. The lowest BCUT2D eigenvalue weighted by molar-refractivity contribution is -0.166. The molecule has 3 N–H and O–H groups in total. The highest BCUT2D eigenvalue weighted by atomic mass is 16.5. The molecule has 7 heteroatoms. The van der Waals surface area contributed by atoms with Crippen LogP contribution in [0.25, 0.3) is 0 Å². The van der Waals surface area contributed by atoms with Crippen molar-refractivity contribution in [3.05, 3.63) is 72.4 Å². The monoisotopic (exact) mass is 507 g/mol. The van der Waals surface area contributed by atoms with E-state index >= 15 is 0 Å². The summed E-state index contributed by atoms with van der Waals surface area (Å²) < 4.78 is 5.81. The number of aliphatic hydroxyl groups excluding tert-OH is 1. The van der Waals surface area contributed by atoms with Crippen LogP contribution in [0.5, 0.6) is 0 Å². The van der Waals surface area contributed by atoms with Gasteiger partial charge in [-0.1, -0.05) is 62.9 Å². The first kappa shape index (κ1) is 27.0. The van der Waals surface area contributed by atoms with Crippen LogP contribution in [0.3, 0.4) is 0 Å². The number of amides is 1. The fourth-order valence-electron chi connectivity index (χ4n) is 6.68. The van der Waals surface area contributed by atoms with Crippen molar-refractivity contribution < 1.29 is 29.3 Å². The molecule has 0 aromatic heterocycles. The van der Waals surface area contributed by atoms with E-state index in [-0.39, 0.29) is 23.7 Å². The Bertz CT molecular complexity index is 1140. The highest BCUT2D eigenvalue weighted by Crippen LogP contribution is 2.58. The van der Waals surface area contributed by atoms with E-state index in [1.807, 2.05) is 37.3 Å². The minimum atomic E-state index is -1.82. The van der Waals surface area contributed by atoms with E-state index in [0.29, 0.717) is 18.4 Å². The highest BCUT2D eigenvalue weighted by molar-refractivity contribution is 5.91. The molecule has 1 heterocycles. The second kappa shape index (κ2) is 10.0. The summed E-state index contributed by atoms with van der Waals surface area (Å²) in [6, 6.07) is 9.49. The molecule has 1 saturated carbocycles. The summed E-state index contributed by atoms with van der Waals surface area (Å²) in [5.41, 5.74) is -1.55. The van der Waals surface area contributed by atoms with Gasteiger partial charge in [-0.3, -0.25) is 14.4 Å². The van der Waals surface area contributed by atoms with E-state index in [4.69, 9.17) is 4.74 Å². The van der Waals surface area contributed by atoms with Gasteiger partial charge in [0.1, 0.15) is 17.1 Å². The Morgan fingerprint density at radius 1 is 1.19 bits per heavy atom. The average Bonchev–Trinajstić information content (AvgIpc) is 3.13. The summed E-state index contributed by atoms with van der Waals surface area (Å²) in [7, 11) is 0. The van der Waals surface area contributed by atoms with Crippen molar-refractivity contribution in [2.24, 2.45) is 29.1 Å². The van der Waals surface area contributed by atoms with Gasteiger partial charge in [0, 0.05) is 30.7 Å². The second-order valence-electron chi connectivity index (χ2n) is 11.0. The molecule has 1 aliphatic heterocycles. The number of ketones is 1. The Balaban J connectivity index is 1.94. The van der Waals surface area contributed by atoms with Crippen LogP contribution in [0.4, 0.5) is 0 Å². The molecule has 2 aliphatic carbocycles. The summed E-state index contributed by atoms with van der Waals surface area (Å²) in [5, 5.41) is 25.7. The molecule has 2 fully saturated rings. The first-order valence-corrected chi connectivity index (χ1v) is 12.9. The maximum absolute atomic E-state index is 14.2. The number of esters is 1. The SMILES string of the molecule is C=C1[C@@H](O)[C@H]2/C=C\C[C@@H](C)C(=O)[C@](C)(O)/C=C/[C@@H](OC(C)=O)[C@]23C(=O)N[C@H](Cc2ccccc2)[C@@H]3[C@H]1C. The van der Waals surface area contributed by atoms with Crippen LogP contribution in [0, 0.1) is 29.1 Å². The van der Waals surface area contributed by atoms with Crippen molar-refractivity contribution in [1.82, 2.24) is 5.32 Å². The van der Waals surface area contributed by atoms with Gasteiger partial charge in [-0.15, -0.1) is 0 Å². The fraction of sp³-hybridized carbons (Fsp3) is 0.500. The third kappa shape index (κ3) is 4.59. The number of allylic oxidation sites excluding steroid dienone is 1. The van der Waals surface area contributed by atoms with Crippen LogP contribution in [-0.4, -0.2) is 51.7 Å². The van der Waals surface area contributed by atoms with E-state index in [1.165, 1.54) is 26.0 Å². The number of carbonyl (C=O) groups is 3. The van der Waals surface area contributed by atoms with Crippen molar-refractivity contribution in [3.8, 4) is 0 Å². The van der Waals surface area contributed by atoms with Gasteiger partial charge in [0.25, 0.3) is 0 Å². The molecular formula is C30H37NO6. The number of Topliss-reactive ketones (excluding diaryl/α,β-unsaturated/α-hetero) is 1. The number of aliphatic hydroxyl groups is 2. The number of benzene rings is 1. The number of carbonyl (C=O) groups excluding carboxylic acids is 3. The Hall–Kier alpha value is -3.03. The lowest BCUT2D eigenvalue weighted by atomic mass is 9.51. The van der Waals surface area contributed by atoms with Gasteiger partial charge in [-0.25, -0.2) is 0 Å². The molecule has 4 rings (SSSR count). The predicted octanol–water partition coefficient (Wildman–Crippen LogP) is 2.92. The van der Waals surface area contributed by atoms with Crippen molar-refractivity contribution in [3.63, 3.8) is 0 Å². The van der Waals surface area contributed by atoms with Crippen LogP contribution in [0.15, 0.2) is 66.8 Å². The maximum atomic E-state index is 14.2. The number of ether oxygens (including phenoxy) is 1. The predicted molar refractivity (Wildman–Crippen MR) is 139 cm³/mol. The highest BCUT2D eigenvalue weighted by Gasteiger charge is 2.68. The topological polar surface area (TPSA) is 113 Å². The van der Waals surface area contributed by atoms with E-state index in [9.17, 15) is 24.6 Å². The summed E-state index contributed by atoms with van der Waals surface area (Å²) in [6.07, 6.45) is 5.01. The molecule has 37 heavy (non-hydrogen) atoms. The summed E-state index contributed by atoms with van der Waals surface area (Å²) >= 11 is 0. The van der Waals surface area contributed by atoms with E-state index in [1.54, 1.807) is 19.1 Å². The largest absolute Gasteiger partial charge is 0.457 e. The summed E-state index contributed by atoms with van der Waals surface area (Å²) in [4.78, 5) is 39.5. The molecule has 1 amide bonds. The molecule has 0 bridgehead atoms. The van der Waals surface area contributed by atoms with E-state index in [2.05, 4.69) is 11.9 Å². The van der Waals surface area contributed by atoms with Gasteiger partial charge in [0.05, 0.1) is 6.10 Å². The van der Waals surface area contributed by atoms with Crippen LogP contribution in [0.2, 0.25) is 0 Å². The number of nitrogens with one attached hydrogen (secondary N) is 1. The van der Waals surface area contributed by atoms with E-state index in [0.717, 1.165) is 5.56 Å². The van der Waals surface area contributed by atoms with Crippen molar-refractivity contribution in [2.45, 2.75) is 64.4 Å². The molecule has 3 aliphatic rings. The Morgan fingerprint density at radius 3 is 2.51 bits per heavy atom. The van der Waals surface area contributed by atoms with Crippen LogP contribution < -0.4 is 5.32 Å². The lowest BCUT2D eigenvalue weighted by Gasteiger charge is -2.52. The Kier molecular flexibility index (Phi) is 7.32. The quantitative estimate of drug-likeness (QED) is 0.428. The third-order valence-corrected chi connectivity index (χ3v) is 8.53.